The molecule has 172 valence electrons. The van der Waals surface area contributed by atoms with Gasteiger partial charge in [0.2, 0.25) is 0 Å². The number of aromatic nitrogens is 1. The number of methoxy groups -OCH3 is 2. The molecule has 2 aromatic carbocycles. The van der Waals surface area contributed by atoms with Crippen molar-refractivity contribution in [3.8, 4) is 11.5 Å². The fraction of sp³-hybridized carbons (Fsp3) is 0.462. The highest BCUT2D eigenvalue weighted by molar-refractivity contribution is 5.94. The van der Waals surface area contributed by atoms with Gasteiger partial charge in [-0.1, -0.05) is 25.1 Å². The number of piperazine rings is 1. The molecular weight excluding hydrogens is 402 g/mol. The summed E-state index contributed by atoms with van der Waals surface area (Å²) in [5.74, 6) is 1.45. The van der Waals surface area contributed by atoms with Gasteiger partial charge in [0.05, 0.1) is 20.3 Å². The minimum Gasteiger partial charge on any atom is -0.493 e. The van der Waals surface area contributed by atoms with E-state index in [1.807, 2.05) is 6.07 Å². The molecule has 1 N–H and O–H groups in total. The molecule has 0 unspecified atom stereocenters. The zero-order valence-corrected chi connectivity index (χ0v) is 19.5. The maximum Gasteiger partial charge on any atom is 0.161 e. The normalized spacial score (nSPS) is 15.8. The number of aliphatic hydroxyl groups excluding tert-OH is 1. The standard InChI is InChI=1S/C26H35N3O3/c1-4-27-12-14-28(15-13-27)24-8-5-7-21-18-29(19-22(21)24)23(9-6-16-30)20-10-11-25(31-2)26(17-20)32-3/h5,7-8,10-11,17-19,23,30H,4,6,9,12-16H2,1-3H3/t23-/m1/s1. The maximum absolute atomic E-state index is 9.52. The van der Waals surface area contributed by atoms with Gasteiger partial charge in [-0.05, 0) is 43.1 Å². The highest BCUT2D eigenvalue weighted by Crippen LogP contribution is 2.36. The van der Waals surface area contributed by atoms with E-state index in [0.717, 1.165) is 62.6 Å². The monoisotopic (exact) mass is 437 g/mol. The number of rotatable bonds is 9. The Labute approximate surface area is 191 Å². The van der Waals surface area contributed by atoms with E-state index in [0.29, 0.717) is 0 Å². The van der Waals surface area contributed by atoms with Gasteiger partial charge in [0.25, 0.3) is 0 Å². The predicted octanol–water partition coefficient (Wildman–Crippen LogP) is 4.16. The Balaban J connectivity index is 1.69. The molecule has 6 heteroatoms. The predicted molar refractivity (Wildman–Crippen MR) is 130 cm³/mol. The van der Waals surface area contributed by atoms with Crippen molar-refractivity contribution in [2.24, 2.45) is 0 Å². The largest absolute Gasteiger partial charge is 0.493 e. The lowest BCUT2D eigenvalue weighted by Gasteiger charge is -2.35. The number of hydrogen-bond donors (Lipinski definition) is 1. The second kappa shape index (κ2) is 10.3. The summed E-state index contributed by atoms with van der Waals surface area (Å²) >= 11 is 0. The van der Waals surface area contributed by atoms with Crippen LogP contribution in [0, 0.1) is 0 Å². The molecule has 0 saturated carbocycles. The van der Waals surface area contributed by atoms with Crippen molar-refractivity contribution >= 4 is 16.5 Å². The average molecular weight is 438 g/mol. The van der Waals surface area contributed by atoms with Crippen LogP contribution >= 0.6 is 0 Å². The van der Waals surface area contributed by atoms with E-state index in [-0.39, 0.29) is 12.6 Å². The summed E-state index contributed by atoms with van der Waals surface area (Å²) in [4.78, 5) is 5.02. The van der Waals surface area contributed by atoms with E-state index in [9.17, 15) is 5.11 Å². The number of fused-ring (bicyclic) bond motifs is 1. The van der Waals surface area contributed by atoms with E-state index in [4.69, 9.17) is 9.47 Å². The minimum atomic E-state index is 0.110. The summed E-state index contributed by atoms with van der Waals surface area (Å²) in [7, 11) is 3.32. The minimum absolute atomic E-state index is 0.110. The van der Waals surface area contributed by atoms with Gasteiger partial charge < -0.3 is 28.9 Å². The van der Waals surface area contributed by atoms with Crippen LogP contribution in [0.1, 0.15) is 31.4 Å². The third-order valence-electron chi connectivity index (χ3n) is 6.63. The first-order valence-electron chi connectivity index (χ1n) is 11.6. The molecule has 4 rings (SSSR count). The molecule has 1 aliphatic heterocycles. The summed E-state index contributed by atoms with van der Waals surface area (Å²) in [6, 6.07) is 12.8. The van der Waals surface area contributed by atoms with Crippen LogP contribution in [0.3, 0.4) is 0 Å². The SMILES string of the molecule is CCN1CCN(c2cccc3cn([C@H](CCCO)c4ccc(OC)c(OC)c4)cc23)CC1. The van der Waals surface area contributed by atoms with E-state index in [2.05, 4.69) is 64.0 Å². The molecule has 1 aliphatic rings. The van der Waals surface area contributed by atoms with Crippen LogP contribution in [0.4, 0.5) is 5.69 Å². The van der Waals surface area contributed by atoms with Crippen LogP contribution in [0.2, 0.25) is 0 Å². The number of ether oxygens (including phenoxy) is 2. The first-order chi connectivity index (χ1) is 15.7. The molecule has 1 atom stereocenters. The zero-order valence-electron chi connectivity index (χ0n) is 19.5. The number of benzene rings is 2. The molecule has 3 aromatic rings. The number of nitrogens with zero attached hydrogens (tertiary/aromatic N) is 3. The molecule has 0 spiro atoms. The van der Waals surface area contributed by atoms with Crippen LogP contribution in [0.15, 0.2) is 48.8 Å². The fourth-order valence-corrected chi connectivity index (χ4v) is 4.76. The topological polar surface area (TPSA) is 50.1 Å². The van der Waals surface area contributed by atoms with Crippen molar-refractivity contribution in [1.82, 2.24) is 9.47 Å². The number of aliphatic hydroxyl groups is 1. The molecule has 0 radical (unpaired) electrons. The van der Waals surface area contributed by atoms with Crippen LogP contribution in [-0.4, -0.2) is 68.1 Å². The van der Waals surface area contributed by atoms with Crippen molar-refractivity contribution in [1.29, 1.82) is 0 Å². The summed E-state index contributed by atoms with van der Waals surface area (Å²) in [5, 5.41) is 12.1. The first-order valence-corrected chi connectivity index (χ1v) is 11.6. The highest BCUT2D eigenvalue weighted by atomic mass is 16.5. The van der Waals surface area contributed by atoms with Crippen molar-refractivity contribution in [2.45, 2.75) is 25.8 Å². The summed E-state index contributed by atoms with van der Waals surface area (Å²) in [6.45, 7) is 7.86. The van der Waals surface area contributed by atoms with Gasteiger partial charge in [-0.3, -0.25) is 0 Å². The lowest BCUT2D eigenvalue weighted by Crippen LogP contribution is -2.46. The molecule has 1 fully saturated rings. The van der Waals surface area contributed by atoms with Gasteiger partial charge >= 0.3 is 0 Å². The second-order valence-corrected chi connectivity index (χ2v) is 8.40. The van der Waals surface area contributed by atoms with Crippen LogP contribution in [-0.2, 0) is 0 Å². The van der Waals surface area contributed by atoms with Gasteiger partial charge in [-0.2, -0.15) is 0 Å². The quantitative estimate of drug-likeness (QED) is 0.545. The Morgan fingerprint density at radius 3 is 2.44 bits per heavy atom. The van der Waals surface area contributed by atoms with Gasteiger partial charge in [0, 0.05) is 61.6 Å². The van der Waals surface area contributed by atoms with Crippen molar-refractivity contribution < 1.29 is 14.6 Å². The molecule has 1 aromatic heterocycles. The van der Waals surface area contributed by atoms with E-state index in [1.54, 1.807) is 14.2 Å². The summed E-state index contributed by atoms with van der Waals surface area (Å²) in [6.07, 6.45) is 6.09. The van der Waals surface area contributed by atoms with Crippen molar-refractivity contribution in [3.05, 3.63) is 54.4 Å². The third-order valence-corrected chi connectivity index (χ3v) is 6.63. The van der Waals surface area contributed by atoms with Gasteiger partial charge in [-0.25, -0.2) is 0 Å². The Kier molecular flexibility index (Phi) is 7.22. The molecule has 1 saturated heterocycles. The molecule has 0 aliphatic carbocycles. The first kappa shape index (κ1) is 22.5. The zero-order chi connectivity index (χ0) is 22.5. The molecule has 0 bridgehead atoms. The number of anilines is 1. The number of likely N-dealkylation sites (N-methyl/N-ethyl adjacent to an activating group) is 1. The molecule has 32 heavy (non-hydrogen) atoms. The molecular formula is C26H35N3O3. The van der Waals surface area contributed by atoms with E-state index < -0.39 is 0 Å². The summed E-state index contributed by atoms with van der Waals surface area (Å²) < 4.78 is 13.3. The van der Waals surface area contributed by atoms with Gasteiger partial charge in [-0.15, -0.1) is 0 Å². The third kappa shape index (κ3) is 4.57. The van der Waals surface area contributed by atoms with Gasteiger partial charge in [0.1, 0.15) is 0 Å². The Morgan fingerprint density at radius 1 is 0.969 bits per heavy atom. The number of hydrogen-bond acceptors (Lipinski definition) is 5. The highest BCUT2D eigenvalue weighted by Gasteiger charge is 2.21. The smallest absolute Gasteiger partial charge is 0.161 e. The second-order valence-electron chi connectivity index (χ2n) is 8.40. The summed E-state index contributed by atoms with van der Waals surface area (Å²) in [5.41, 5.74) is 2.46. The van der Waals surface area contributed by atoms with Crippen LogP contribution in [0.5, 0.6) is 11.5 Å². The Hall–Kier alpha value is -2.70. The Morgan fingerprint density at radius 2 is 1.75 bits per heavy atom. The molecule has 0 amide bonds. The molecule has 6 nitrogen and oxygen atoms in total. The van der Waals surface area contributed by atoms with E-state index in [1.165, 1.54) is 16.5 Å². The fourth-order valence-electron chi connectivity index (χ4n) is 4.76. The van der Waals surface area contributed by atoms with Gasteiger partial charge in [0.15, 0.2) is 11.5 Å². The van der Waals surface area contributed by atoms with Crippen LogP contribution < -0.4 is 14.4 Å². The maximum atomic E-state index is 9.52. The average Bonchev–Trinajstić information content (AvgIpc) is 3.28. The van der Waals surface area contributed by atoms with Crippen molar-refractivity contribution in [2.75, 3.05) is 58.5 Å². The molecule has 2 heterocycles. The van der Waals surface area contributed by atoms with E-state index >= 15 is 0 Å². The lowest BCUT2D eigenvalue weighted by molar-refractivity contribution is 0.271. The Bertz CT molecular complexity index is 1020. The lowest BCUT2D eigenvalue weighted by atomic mass is 10.0. The van der Waals surface area contributed by atoms with Crippen LogP contribution in [0.25, 0.3) is 10.8 Å². The van der Waals surface area contributed by atoms with Crippen molar-refractivity contribution in [3.63, 3.8) is 0 Å².